The average molecular weight is 714 g/mol. The topological polar surface area (TPSA) is 370 Å². The maximum Gasteiger partial charge on any atom is 0.328 e. The molecule has 1 aromatic rings. The van der Waals surface area contributed by atoms with Crippen molar-refractivity contribution in [2.75, 3.05) is 0 Å². The highest BCUT2D eigenvalue weighted by molar-refractivity contribution is 5.98. The van der Waals surface area contributed by atoms with Gasteiger partial charge in [-0.05, 0) is 38.5 Å². The van der Waals surface area contributed by atoms with Crippen LogP contribution in [0.25, 0.3) is 0 Å². The van der Waals surface area contributed by atoms with Crippen LogP contribution in [0.1, 0.15) is 39.2 Å². The van der Waals surface area contributed by atoms with Crippen LogP contribution in [0.3, 0.4) is 0 Å². The Kier molecular flexibility index (Phi) is 16.7. The minimum Gasteiger partial charge on any atom is -0.508 e. The lowest BCUT2D eigenvalue weighted by Crippen LogP contribution is -2.62. The van der Waals surface area contributed by atoms with Gasteiger partial charge in [-0.25, -0.2) is 4.79 Å². The number of aliphatic hydroxyl groups excluding tert-OH is 3. The number of benzene rings is 1. The van der Waals surface area contributed by atoms with Gasteiger partial charge in [-0.3, -0.25) is 33.6 Å². The number of nitrogens with one attached hydrogen (secondary N) is 5. The van der Waals surface area contributed by atoms with Crippen LogP contribution in [0.2, 0.25) is 0 Å². The van der Waals surface area contributed by atoms with Gasteiger partial charge in [0.15, 0.2) is 6.04 Å². The molecule has 9 atom stereocenters. The van der Waals surface area contributed by atoms with Crippen LogP contribution < -0.4 is 38.1 Å². The van der Waals surface area contributed by atoms with Crippen molar-refractivity contribution in [2.45, 2.75) is 94.6 Å². The SMILES string of the molecule is C[C@@H](O)[C@H](NC(=O)[C@H](Cc1ccc(O)cc1)NC(=O)[C@H](CC(N)=O)NC(=O)[C@@H](NC(=O)[C@@H](NC(=O)C[C@@H](N)C(=O)O)[C@@H](C)O)[C@@H](C)O)C(=O)O. The van der Waals surface area contributed by atoms with Gasteiger partial charge in [-0.1, -0.05) is 12.1 Å². The lowest BCUT2D eigenvalue weighted by Gasteiger charge is -2.28. The lowest BCUT2D eigenvalue weighted by molar-refractivity contribution is -0.145. The Labute approximate surface area is 284 Å². The number of aromatic hydroxyl groups is 1. The van der Waals surface area contributed by atoms with Crippen LogP contribution in [0.15, 0.2) is 24.3 Å². The van der Waals surface area contributed by atoms with Gasteiger partial charge in [-0.15, -0.1) is 0 Å². The van der Waals surface area contributed by atoms with E-state index in [1.54, 1.807) is 0 Å². The molecule has 0 aromatic heterocycles. The second kappa shape index (κ2) is 19.6. The van der Waals surface area contributed by atoms with Crippen molar-refractivity contribution in [3.05, 3.63) is 29.8 Å². The van der Waals surface area contributed by atoms with E-state index in [2.05, 4.69) is 26.6 Å². The first kappa shape index (κ1) is 42.6. The maximum atomic E-state index is 13.4. The zero-order valence-corrected chi connectivity index (χ0v) is 27.2. The van der Waals surface area contributed by atoms with E-state index >= 15 is 0 Å². The predicted molar refractivity (Wildman–Crippen MR) is 168 cm³/mol. The molecule has 15 N–H and O–H groups in total. The normalized spacial score (nSPS) is 16.4. The molecule has 0 heterocycles. The summed E-state index contributed by atoms with van der Waals surface area (Å²) >= 11 is 0. The molecule has 0 saturated carbocycles. The standard InChI is InChI=1S/C29H43N7O14/c1-11(37)21(34-20(42)9-16(30)28(47)48)27(46)35-22(12(2)38)26(45)33-18(10-19(31)41)24(43)32-17(8-14-4-6-15(40)7-5-14)25(44)36-23(13(3)39)29(49)50/h4-7,11-13,16-18,21-23,37-40H,8-10,30H2,1-3H3,(H2,31,41)(H,32,43)(H,33,45)(H,34,42)(H,35,46)(H,36,44)(H,47,48)(H,49,50)/t11-,12-,13-,16-,17+,18+,21+,22+,23+/m1/s1. The van der Waals surface area contributed by atoms with Gasteiger partial charge < -0.3 is 68.7 Å². The summed E-state index contributed by atoms with van der Waals surface area (Å²) in [6, 6.07) is -5.28. The molecule has 21 heteroatoms. The molecule has 0 unspecified atom stereocenters. The molecule has 6 amide bonds. The molecule has 0 bridgehead atoms. The third-order valence-electron chi connectivity index (χ3n) is 6.96. The molecule has 1 rings (SSSR count). The number of rotatable bonds is 20. The first-order chi connectivity index (χ1) is 23.1. The number of primary amides is 1. The highest BCUT2D eigenvalue weighted by Crippen LogP contribution is 2.12. The molecule has 1 aromatic carbocycles. The highest BCUT2D eigenvalue weighted by Gasteiger charge is 2.36. The number of carboxylic acids is 2. The molecule has 21 nitrogen and oxygen atoms in total. The molecule has 0 aliphatic rings. The Balaban J connectivity index is 3.28. The summed E-state index contributed by atoms with van der Waals surface area (Å²) in [7, 11) is 0. The van der Waals surface area contributed by atoms with E-state index in [4.69, 9.17) is 16.6 Å². The van der Waals surface area contributed by atoms with Crippen LogP contribution in [-0.4, -0.2) is 133 Å². The van der Waals surface area contributed by atoms with Crippen molar-refractivity contribution in [3.8, 4) is 5.75 Å². The number of aliphatic carboxylic acids is 2. The van der Waals surface area contributed by atoms with Crippen LogP contribution in [0, 0.1) is 0 Å². The van der Waals surface area contributed by atoms with E-state index in [0.29, 0.717) is 5.56 Å². The summed E-state index contributed by atoms with van der Waals surface area (Å²) in [6.45, 7) is 3.22. The van der Waals surface area contributed by atoms with Gasteiger partial charge in [0.2, 0.25) is 35.4 Å². The molecule has 0 fully saturated rings. The van der Waals surface area contributed by atoms with E-state index in [9.17, 15) is 63.9 Å². The Morgan fingerprint density at radius 2 is 1.06 bits per heavy atom. The van der Waals surface area contributed by atoms with E-state index < -0.39 is 115 Å². The fourth-order valence-electron chi connectivity index (χ4n) is 4.24. The first-order valence-corrected chi connectivity index (χ1v) is 15.0. The van der Waals surface area contributed by atoms with Crippen molar-refractivity contribution < 1.29 is 69.0 Å². The van der Waals surface area contributed by atoms with Crippen LogP contribution in [-0.2, 0) is 44.8 Å². The van der Waals surface area contributed by atoms with E-state index in [-0.39, 0.29) is 12.2 Å². The number of aliphatic hydroxyl groups is 3. The summed E-state index contributed by atoms with van der Waals surface area (Å²) in [5.41, 5.74) is 10.9. The Morgan fingerprint density at radius 3 is 1.52 bits per heavy atom. The van der Waals surface area contributed by atoms with Crippen molar-refractivity contribution in [1.82, 2.24) is 26.6 Å². The van der Waals surface area contributed by atoms with Crippen molar-refractivity contribution in [2.24, 2.45) is 11.5 Å². The van der Waals surface area contributed by atoms with Crippen molar-refractivity contribution in [3.63, 3.8) is 0 Å². The molecule has 50 heavy (non-hydrogen) atoms. The highest BCUT2D eigenvalue weighted by atomic mass is 16.4. The second-order valence-corrected chi connectivity index (χ2v) is 11.4. The fraction of sp³-hybridized carbons (Fsp3) is 0.517. The van der Waals surface area contributed by atoms with Crippen LogP contribution >= 0.6 is 0 Å². The van der Waals surface area contributed by atoms with Gasteiger partial charge >= 0.3 is 11.9 Å². The number of carbonyl (C=O) groups excluding carboxylic acids is 6. The summed E-state index contributed by atoms with van der Waals surface area (Å²) < 4.78 is 0. The number of hydrogen-bond acceptors (Lipinski definition) is 13. The molecule has 0 saturated heterocycles. The Hall–Kier alpha value is -5.38. The Morgan fingerprint density at radius 1 is 0.620 bits per heavy atom. The second-order valence-electron chi connectivity index (χ2n) is 11.4. The monoisotopic (exact) mass is 713 g/mol. The van der Waals surface area contributed by atoms with E-state index in [1.165, 1.54) is 24.3 Å². The number of amides is 6. The van der Waals surface area contributed by atoms with Gasteiger partial charge in [0.05, 0.1) is 31.2 Å². The van der Waals surface area contributed by atoms with Gasteiger partial charge in [0, 0.05) is 6.42 Å². The number of nitrogens with two attached hydrogens (primary N) is 2. The number of carboxylic acid groups (broad SMARTS) is 2. The zero-order valence-electron chi connectivity index (χ0n) is 27.2. The minimum absolute atomic E-state index is 0.132. The largest absolute Gasteiger partial charge is 0.508 e. The average Bonchev–Trinajstić information content (AvgIpc) is 3.00. The van der Waals surface area contributed by atoms with E-state index in [0.717, 1.165) is 20.8 Å². The zero-order chi connectivity index (χ0) is 38.5. The van der Waals surface area contributed by atoms with Gasteiger partial charge in [0.1, 0.15) is 36.0 Å². The summed E-state index contributed by atoms with van der Waals surface area (Å²) in [5.74, 6) is -10.3. The van der Waals surface area contributed by atoms with Crippen molar-refractivity contribution >= 4 is 47.4 Å². The molecule has 0 radical (unpaired) electrons. The van der Waals surface area contributed by atoms with Gasteiger partial charge in [-0.2, -0.15) is 0 Å². The van der Waals surface area contributed by atoms with Gasteiger partial charge in [0.25, 0.3) is 0 Å². The summed E-state index contributed by atoms with van der Waals surface area (Å²) in [4.78, 5) is 99.3. The summed E-state index contributed by atoms with van der Waals surface area (Å²) in [6.07, 6.45) is -6.87. The lowest BCUT2D eigenvalue weighted by atomic mass is 10.0. The van der Waals surface area contributed by atoms with E-state index in [1.807, 2.05) is 0 Å². The van der Waals surface area contributed by atoms with Crippen LogP contribution in [0.4, 0.5) is 0 Å². The van der Waals surface area contributed by atoms with Crippen LogP contribution in [0.5, 0.6) is 5.75 Å². The molecule has 278 valence electrons. The molecule has 0 spiro atoms. The number of hydrogen-bond donors (Lipinski definition) is 13. The Bertz CT molecular complexity index is 1400. The smallest absolute Gasteiger partial charge is 0.328 e. The summed E-state index contributed by atoms with van der Waals surface area (Å²) in [5, 5.41) is 68.6. The molecular formula is C29H43N7O14. The molecule has 0 aliphatic carbocycles. The minimum atomic E-state index is -1.90. The first-order valence-electron chi connectivity index (χ1n) is 15.0. The fourth-order valence-corrected chi connectivity index (χ4v) is 4.24. The predicted octanol–water partition coefficient (Wildman–Crippen LogP) is -5.74. The molecular weight excluding hydrogens is 670 g/mol. The quantitative estimate of drug-likeness (QED) is 0.0599. The third-order valence-corrected chi connectivity index (χ3v) is 6.96. The number of carbonyl (C=O) groups is 8. The maximum absolute atomic E-state index is 13.4. The van der Waals surface area contributed by atoms with Crippen molar-refractivity contribution in [1.29, 1.82) is 0 Å². The number of phenols is 1. The molecule has 0 aliphatic heterocycles. The number of phenolic OH excluding ortho intramolecular Hbond substituents is 1. The third kappa shape index (κ3) is 14.0.